The van der Waals surface area contributed by atoms with E-state index in [1.807, 2.05) is 0 Å². The molecule has 0 saturated carbocycles. The van der Waals surface area contributed by atoms with Crippen LogP contribution in [0.4, 0.5) is 10.2 Å². The van der Waals surface area contributed by atoms with Crippen LogP contribution in [0.3, 0.4) is 0 Å². The van der Waals surface area contributed by atoms with Crippen molar-refractivity contribution in [2.45, 2.75) is 44.1 Å². The lowest BCUT2D eigenvalue weighted by Gasteiger charge is -2.25. The van der Waals surface area contributed by atoms with E-state index in [9.17, 15) is 10.2 Å². The van der Waals surface area contributed by atoms with Crippen LogP contribution in [0.1, 0.15) is 20.1 Å². The molecule has 0 aromatic carbocycles. The van der Waals surface area contributed by atoms with E-state index in [0.717, 1.165) is 3.57 Å². The molecule has 5 atom stereocenters. The lowest BCUT2D eigenvalue weighted by Crippen LogP contribution is -2.42. The van der Waals surface area contributed by atoms with Gasteiger partial charge in [0.05, 0.1) is 11.5 Å². The standard InChI is InChI=1S/C13H16FIN4O3/c1-5(20)8-9(21)13(2,14)12(22-8)19-3-6(15)7-10(16)17-4-18-11(7)19/h3-5,8-9,12,20-21H,1-2H3,(H2,16,17,18)/t5?,8-,9-,12-,13-/m1/s1. The van der Waals surface area contributed by atoms with Gasteiger partial charge < -0.3 is 25.3 Å². The Bertz CT molecular complexity index is 721. The van der Waals surface area contributed by atoms with Gasteiger partial charge in [0.25, 0.3) is 0 Å². The van der Waals surface area contributed by atoms with Gasteiger partial charge in [-0.2, -0.15) is 0 Å². The molecule has 0 bridgehead atoms. The molecule has 22 heavy (non-hydrogen) atoms. The van der Waals surface area contributed by atoms with Gasteiger partial charge in [-0.3, -0.25) is 0 Å². The minimum atomic E-state index is -2.09. The van der Waals surface area contributed by atoms with Gasteiger partial charge in [0.1, 0.15) is 30.0 Å². The Hall–Kier alpha value is -1.04. The molecule has 0 radical (unpaired) electrons. The number of hydrogen-bond donors (Lipinski definition) is 3. The first-order valence-corrected chi connectivity index (χ1v) is 7.80. The van der Waals surface area contributed by atoms with E-state index >= 15 is 4.39 Å². The lowest BCUT2D eigenvalue weighted by molar-refractivity contribution is -0.0794. The molecule has 3 rings (SSSR count). The maximum Gasteiger partial charge on any atom is 0.181 e. The third-order valence-electron chi connectivity index (χ3n) is 3.98. The molecule has 2 aromatic rings. The monoisotopic (exact) mass is 422 g/mol. The number of anilines is 1. The maximum atomic E-state index is 15.0. The number of fused-ring (bicyclic) bond motifs is 1. The Morgan fingerprint density at radius 1 is 1.55 bits per heavy atom. The van der Waals surface area contributed by atoms with Crippen molar-refractivity contribution in [3.8, 4) is 0 Å². The van der Waals surface area contributed by atoms with Gasteiger partial charge in [0.2, 0.25) is 0 Å². The molecule has 1 aliphatic rings. The van der Waals surface area contributed by atoms with E-state index in [2.05, 4.69) is 32.6 Å². The molecule has 0 aliphatic carbocycles. The summed E-state index contributed by atoms with van der Waals surface area (Å²) >= 11 is 2.06. The number of rotatable bonds is 2. The smallest absolute Gasteiger partial charge is 0.181 e. The van der Waals surface area contributed by atoms with Crippen molar-refractivity contribution in [1.82, 2.24) is 14.5 Å². The highest BCUT2D eigenvalue weighted by Gasteiger charge is 2.56. The van der Waals surface area contributed by atoms with Crippen molar-refractivity contribution in [1.29, 1.82) is 0 Å². The fourth-order valence-corrected chi connectivity index (χ4v) is 3.60. The molecule has 1 aliphatic heterocycles. The summed E-state index contributed by atoms with van der Waals surface area (Å²) in [5.74, 6) is 0.291. The number of nitrogens with two attached hydrogens (primary N) is 1. The Balaban J connectivity index is 2.14. The van der Waals surface area contributed by atoms with Crippen LogP contribution in [0.15, 0.2) is 12.5 Å². The number of aromatic nitrogens is 3. The number of alkyl halides is 1. The van der Waals surface area contributed by atoms with Crippen LogP contribution in [-0.2, 0) is 4.74 Å². The number of hydrogen-bond acceptors (Lipinski definition) is 6. The van der Waals surface area contributed by atoms with Gasteiger partial charge in [-0.15, -0.1) is 0 Å². The van der Waals surface area contributed by atoms with Crippen LogP contribution < -0.4 is 5.73 Å². The summed E-state index contributed by atoms with van der Waals surface area (Å²) in [7, 11) is 0. The van der Waals surface area contributed by atoms with Crippen molar-refractivity contribution in [2.24, 2.45) is 0 Å². The van der Waals surface area contributed by atoms with Crippen molar-refractivity contribution in [3.63, 3.8) is 0 Å². The average molecular weight is 422 g/mol. The minimum absolute atomic E-state index is 0.291. The molecular weight excluding hydrogens is 406 g/mol. The van der Waals surface area contributed by atoms with Gasteiger partial charge >= 0.3 is 0 Å². The van der Waals surface area contributed by atoms with Crippen molar-refractivity contribution in [3.05, 3.63) is 16.1 Å². The Labute approximate surface area is 139 Å². The highest BCUT2D eigenvalue weighted by atomic mass is 127. The van der Waals surface area contributed by atoms with Crippen LogP contribution in [0.25, 0.3) is 11.0 Å². The summed E-state index contributed by atoms with van der Waals surface area (Å²) in [5, 5.41) is 20.4. The van der Waals surface area contributed by atoms with Gasteiger partial charge in [-0.25, -0.2) is 14.4 Å². The van der Waals surface area contributed by atoms with Gasteiger partial charge in [-0.1, -0.05) is 0 Å². The first-order chi connectivity index (χ1) is 10.2. The number of nitrogen functional groups attached to an aromatic ring is 1. The molecule has 120 valence electrons. The molecule has 1 saturated heterocycles. The second-order valence-electron chi connectivity index (χ2n) is 5.63. The molecule has 0 spiro atoms. The van der Waals surface area contributed by atoms with E-state index in [1.54, 1.807) is 6.20 Å². The molecule has 0 amide bonds. The fourth-order valence-electron chi connectivity index (χ4n) is 2.78. The predicted octanol–water partition coefficient (Wildman–Crippen LogP) is 0.985. The number of halogens is 2. The molecule has 1 fully saturated rings. The first kappa shape index (κ1) is 15.8. The van der Waals surface area contributed by atoms with Crippen molar-refractivity contribution in [2.75, 3.05) is 5.73 Å². The summed E-state index contributed by atoms with van der Waals surface area (Å²) < 4.78 is 22.8. The summed E-state index contributed by atoms with van der Waals surface area (Å²) in [4.78, 5) is 8.07. The quantitative estimate of drug-likeness (QED) is 0.624. The molecule has 9 heteroatoms. The summed E-state index contributed by atoms with van der Waals surface area (Å²) in [6.07, 6.45) is -1.66. The van der Waals surface area contributed by atoms with Crippen LogP contribution in [0.5, 0.6) is 0 Å². The van der Waals surface area contributed by atoms with E-state index in [-0.39, 0.29) is 0 Å². The Kier molecular flexibility index (Phi) is 3.78. The second-order valence-corrected chi connectivity index (χ2v) is 6.79. The van der Waals surface area contributed by atoms with Crippen molar-refractivity contribution >= 4 is 39.4 Å². The molecule has 2 aromatic heterocycles. The molecule has 7 nitrogen and oxygen atoms in total. The summed E-state index contributed by atoms with van der Waals surface area (Å²) in [6, 6.07) is 0. The van der Waals surface area contributed by atoms with E-state index in [1.165, 1.54) is 24.7 Å². The normalized spacial score (nSPS) is 33.5. The van der Waals surface area contributed by atoms with Crippen LogP contribution >= 0.6 is 22.6 Å². The maximum absolute atomic E-state index is 15.0. The van der Waals surface area contributed by atoms with Crippen molar-refractivity contribution < 1.29 is 19.3 Å². The molecule has 4 N–H and O–H groups in total. The zero-order valence-electron chi connectivity index (χ0n) is 11.9. The number of nitrogens with zero attached hydrogens (tertiary/aromatic N) is 3. The summed E-state index contributed by atoms with van der Waals surface area (Å²) in [5.41, 5.74) is 4.18. The third-order valence-corrected chi connectivity index (χ3v) is 4.80. The molecule has 3 heterocycles. The zero-order chi connectivity index (χ0) is 16.2. The predicted molar refractivity (Wildman–Crippen MR) is 85.8 cm³/mol. The highest BCUT2D eigenvalue weighted by molar-refractivity contribution is 14.1. The Morgan fingerprint density at radius 3 is 2.82 bits per heavy atom. The number of aliphatic hydroxyl groups is 2. The SMILES string of the molecule is CC(O)[C@H]1O[C@@H](n2cc(I)c3c(N)ncnc32)[C@](C)(F)[C@@H]1O. The zero-order valence-corrected chi connectivity index (χ0v) is 14.1. The molecular formula is C13H16FIN4O3. The minimum Gasteiger partial charge on any atom is -0.391 e. The number of aliphatic hydroxyl groups excluding tert-OH is 2. The lowest BCUT2D eigenvalue weighted by atomic mass is 9.96. The van der Waals surface area contributed by atoms with Gasteiger partial charge in [-0.05, 0) is 36.4 Å². The largest absolute Gasteiger partial charge is 0.391 e. The van der Waals surface area contributed by atoms with Crippen LogP contribution in [0, 0.1) is 3.57 Å². The van der Waals surface area contributed by atoms with Crippen LogP contribution in [-0.4, -0.2) is 48.7 Å². The first-order valence-electron chi connectivity index (χ1n) is 6.72. The van der Waals surface area contributed by atoms with Gasteiger partial charge in [0.15, 0.2) is 11.9 Å². The highest BCUT2D eigenvalue weighted by Crippen LogP contribution is 2.44. The fraction of sp³-hybridized carbons (Fsp3) is 0.538. The summed E-state index contributed by atoms with van der Waals surface area (Å²) in [6.45, 7) is 2.69. The average Bonchev–Trinajstić information content (AvgIpc) is 2.87. The molecule has 1 unspecified atom stereocenters. The second kappa shape index (κ2) is 5.25. The topological polar surface area (TPSA) is 106 Å². The number of ether oxygens (including phenoxy) is 1. The Morgan fingerprint density at radius 2 is 2.23 bits per heavy atom. The van der Waals surface area contributed by atoms with Gasteiger partial charge in [0, 0.05) is 9.77 Å². The van der Waals surface area contributed by atoms with E-state index in [0.29, 0.717) is 16.9 Å². The van der Waals surface area contributed by atoms with Crippen LogP contribution in [0.2, 0.25) is 0 Å². The third kappa shape index (κ3) is 2.18. The van der Waals surface area contributed by atoms with E-state index in [4.69, 9.17) is 10.5 Å². The van der Waals surface area contributed by atoms with E-state index < -0.39 is 30.2 Å².